The van der Waals surface area contributed by atoms with Crippen molar-refractivity contribution in [1.29, 1.82) is 0 Å². The minimum atomic E-state index is 1.03. The molecular formula is C15H19N3. The molecule has 0 N–H and O–H groups in total. The van der Waals surface area contributed by atoms with Crippen molar-refractivity contribution in [1.82, 2.24) is 14.7 Å². The quantitative estimate of drug-likeness (QED) is 0.804. The van der Waals surface area contributed by atoms with Gasteiger partial charge < -0.3 is 0 Å². The second-order valence-electron chi connectivity index (χ2n) is 5.08. The maximum Gasteiger partial charge on any atom is 0.0685 e. The van der Waals surface area contributed by atoms with E-state index in [0.717, 1.165) is 26.1 Å². The van der Waals surface area contributed by atoms with Crippen molar-refractivity contribution in [2.45, 2.75) is 26.4 Å². The molecule has 18 heavy (non-hydrogen) atoms. The average molecular weight is 241 g/mol. The molecule has 0 atom stereocenters. The Morgan fingerprint density at radius 2 is 2.00 bits per heavy atom. The standard InChI is InChI=1S/C15H19N3/c1-12-14-11-18(9-8-15(14)16-17(12)2)10-13-6-4-3-5-7-13/h3-7H,8-11H2,1-2H3. The first-order valence-corrected chi connectivity index (χ1v) is 6.51. The molecule has 0 spiro atoms. The summed E-state index contributed by atoms with van der Waals surface area (Å²) in [6, 6.07) is 10.7. The summed E-state index contributed by atoms with van der Waals surface area (Å²) in [6.07, 6.45) is 1.07. The first kappa shape index (κ1) is 11.5. The van der Waals surface area contributed by atoms with Crippen LogP contribution in [0, 0.1) is 6.92 Å². The van der Waals surface area contributed by atoms with E-state index in [0.29, 0.717) is 0 Å². The Morgan fingerprint density at radius 1 is 1.22 bits per heavy atom. The van der Waals surface area contributed by atoms with E-state index in [1.54, 1.807) is 0 Å². The van der Waals surface area contributed by atoms with Crippen molar-refractivity contribution in [2.24, 2.45) is 7.05 Å². The number of benzene rings is 1. The van der Waals surface area contributed by atoms with E-state index in [9.17, 15) is 0 Å². The Balaban J connectivity index is 1.77. The van der Waals surface area contributed by atoms with Gasteiger partial charge >= 0.3 is 0 Å². The van der Waals surface area contributed by atoms with Crippen LogP contribution in [-0.2, 0) is 26.6 Å². The van der Waals surface area contributed by atoms with Crippen molar-refractivity contribution in [3.8, 4) is 0 Å². The van der Waals surface area contributed by atoms with Gasteiger partial charge in [0.2, 0.25) is 0 Å². The van der Waals surface area contributed by atoms with Crippen LogP contribution in [0.4, 0.5) is 0 Å². The summed E-state index contributed by atoms with van der Waals surface area (Å²) in [4.78, 5) is 2.51. The van der Waals surface area contributed by atoms with E-state index in [1.165, 1.54) is 22.5 Å². The topological polar surface area (TPSA) is 21.1 Å². The van der Waals surface area contributed by atoms with Gasteiger partial charge in [-0.25, -0.2) is 0 Å². The van der Waals surface area contributed by atoms with Gasteiger partial charge in [-0.2, -0.15) is 5.10 Å². The normalized spacial score (nSPS) is 15.7. The number of rotatable bonds is 2. The fraction of sp³-hybridized carbons (Fsp3) is 0.400. The molecule has 0 bridgehead atoms. The predicted molar refractivity (Wildman–Crippen MR) is 72.2 cm³/mol. The molecule has 3 rings (SSSR count). The third kappa shape index (κ3) is 2.06. The highest BCUT2D eigenvalue weighted by molar-refractivity contribution is 5.28. The van der Waals surface area contributed by atoms with Crippen LogP contribution in [0.15, 0.2) is 30.3 Å². The number of aromatic nitrogens is 2. The SMILES string of the molecule is Cc1c2c(nn1C)CCN(Cc1ccccc1)C2. The van der Waals surface area contributed by atoms with Gasteiger partial charge in [-0.3, -0.25) is 9.58 Å². The van der Waals surface area contributed by atoms with Crippen molar-refractivity contribution in [3.63, 3.8) is 0 Å². The number of aryl methyl sites for hydroxylation is 1. The molecule has 0 aliphatic carbocycles. The molecule has 3 heteroatoms. The Kier molecular flexibility index (Phi) is 2.92. The van der Waals surface area contributed by atoms with Gasteiger partial charge in [0, 0.05) is 44.4 Å². The summed E-state index contributed by atoms with van der Waals surface area (Å²) in [7, 11) is 2.04. The molecule has 1 aromatic carbocycles. The van der Waals surface area contributed by atoms with E-state index in [1.807, 2.05) is 11.7 Å². The fourth-order valence-electron chi connectivity index (χ4n) is 2.67. The fourth-order valence-corrected chi connectivity index (χ4v) is 2.67. The van der Waals surface area contributed by atoms with Gasteiger partial charge in [-0.15, -0.1) is 0 Å². The van der Waals surface area contributed by atoms with Crippen LogP contribution in [0.2, 0.25) is 0 Å². The van der Waals surface area contributed by atoms with Gasteiger partial charge in [0.1, 0.15) is 0 Å². The zero-order chi connectivity index (χ0) is 12.5. The van der Waals surface area contributed by atoms with E-state index in [4.69, 9.17) is 0 Å². The lowest BCUT2D eigenvalue weighted by Gasteiger charge is -2.26. The third-order valence-corrected chi connectivity index (χ3v) is 3.84. The molecule has 1 aromatic heterocycles. The van der Waals surface area contributed by atoms with Crippen molar-refractivity contribution < 1.29 is 0 Å². The van der Waals surface area contributed by atoms with Gasteiger partial charge in [0.15, 0.2) is 0 Å². The van der Waals surface area contributed by atoms with Crippen molar-refractivity contribution in [3.05, 3.63) is 52.8 Å². The first-order chi connectivity index (χ1) is 8.74. The first-order valence-electron chi connectivity index (χ1n) is 6.51. The molecule has 94 valence electrons. The highest BCUT2D eigenvalue weighted by atomic mass is 15.3. The van der Waals surface area contributed by atoms with E-state index in [-0.39, 0.29) is 0 Å². The molecule has 1 aliphatic heterocycles. The van der Waals surface area contributed by atoms with Crippen LogP contribution in [-0.4, -0.2) is 21.2 Å². The molecule has 0 radical (unpaired) electrons. The Bertz CT molecular complexity index is 542. The van der Waals surface area contributed by atoms with Crippen LogP contribution in [0.1, 0.15) is 22.5 Å². The van der Waals surface area contributed by atoms with E-state index in [2.05, 4.69) is 47.3 Å². The lowest BCUT2D eigenvalue weighted by atomic mass is 10.0. The van der Waals surface area contributed by atoms with Crippen molar-refractivity contribution >= 4 is 0 Å². The molecular weight excluding hydrogens is 222 g/mol. The number of nitrogens with zero attached hydrogens (tertiary/aromatic N) is 3. The summed E-state index contributed by atoms with van der Waals surface area (Å²) in [5.74, 6) is 0. The molecule has 0 saturated carbocycles. The third-order valence-electron chi connectivity index (χ3n) is 3.84. The Morgan fingerprint density at radius 3 is 2.78 bits per heavy atom. The maximum atomic E-state index is 4.58. The summed E-state index contributed by atoms with van der Waals surface area (Å²) in [6.45, 7) is 5.34. The number of hydrogen-bond acceptors (Lipinski definition) is 2. The molecule has 0 unspecified atom stereocenters. The van der Waals surface area contributed by atoms with Gasteiger partial charge in [0.05, 0.1) is 5.69 Å². The van der Waals surface area contributed by atoms with Gasteiger partial charge in [-0.1, -0.05) is 30.3 Å². The van der Waals surface area contributed by atoms with Crippen LogP contribution in [0.25, 0.3) is 0 Å². The van der Waals surface area contributed by atoms with Crippen LogP contribution >= 0.6 is 0 Å². The molecule has 3 nitrogen and oxygen atoms in total. The monoisotopic (exact) mass is 241 g/mol. The van der Waals surface area contributed by atoms with Gasteiger partial charge in [0.25, 0.3) is 0 Å². The summed E-state index contributed by atoms with van der Waals surface area (Å²) in [5, 5.41) is 4.58. The minimum absolute atomic E-state index is 1.03. The second kappa shape index (κ2) is 4.58. The smallest absolute Gasteiger partial charge is 0.0685 e. The molecule has 0 amide bonds. The van der Waals surface area contributed by atoms with Crippen LogP contribution < -0.4 is 0 Å². The van der Waals surface area contributed by atoms with Gasteiger partial charge in [-0.05, 0) is 12.5 Å². The second-order valence-corrected chi connectivity index (χ2v) is 5.08. The summed E-state index contributed by atoms with van der Waals surface area (Å²) in [5.41, 5.74) is 5.42. The Hall–Kier alpha value is -1.61. The van der Waals surface area contributed by atoms with E-state index < -0.39 is 0 Å². The van der Waals surface area contributed by atoms with Crippen molar-refractivity contribution in [2.75, 3.05) is 6.54 Å². The highest BCUT2D eigenvalue weighted by Crippen LogP contribution is 2.22. The number of hydrogen-bond donors (Lipinski definition) is 0. The molecule has 1 aliphatic rings. The summed E-state index contributed by atoms with van der Waals surface area (Å²) < 4.78 is 2.01. The predicted octanol–water partition coefficient (Wildman–Crippen LogP) is 2.29. The minimum Gasteiger partial charge on any atom is -0.294 e. The highest BCUT2D eigenvalue weighted by Gasteiger charge is 2.21. The number of fused-ring (bicyclic) bond motifs is 1. The lowest BCUT2D eigenvalue weighted by Crippen LogP contribution is -2.30. The van der Waals surface area contributed by atoms with Crippen LogP contribution in [0.3, 0.4) is 0 Å². The largest absolute Gasteiger partial charge is 0.294 e. The molecule has 2 heterocycles. The maximum absolute atomic E-state index is 4.58. The average Bonchev–Trinajstić information content (AvgIpc) is 2.67. The Labute approximate surface area is 108 Å². The molecule has 2 aromatic rings. The van der Waals surface area contributed by atoms with E-state index >= 15 is 0 Å². The molecule has 0 saturated heterocycles. The zero-order valence-electron chi connectivity index (χ0n) is 11.1. The van der Waals surface area contributed by atoms with Crippen LogP contribution in [0.5, 0.6) is 0 Å². The lowest BCUT2D eigenvalue weighted by molar-refractivity contribution is 0.244. The molecule has 0 fully saturated rings. The summed E-state index contributed by atoms with van der Waals surface area (Å²) >= 11 is 0. The zero-order valence-corrected chi connectivity index (χ0v) is 11.1.